The first-order valence-electron chi connectivity index (χ1n) is 53.1. The highest BCUT2D eigenvalue weighted by molar-refractivity contribution is 5.78. The fourth-order valence-electron chi connectivity index (χ4n) is 27.1. The van der Waals surface area contributed by atoms with E-state index >= 15 is 0 Å². The lowest BCUT2D eigenvalue weighted by Crippen LogP contribution is -2.59. The number of alkyl halides is 3. The van der Waals surface area contributed by atoms with Gasteiger partial charge in [-0.05, 0) is 453 Å². The summed E-state index contributed by atoms with van der Waals surface area (Å²) in [4.78, 5) is 50.0. The normalized spacial score (nSPS) is 30.2. The third kappa shape index (κ3) is 26.6. The molecule has 5 N–H and O–H groups in total. The minimum atomic E-state index is -4.59. The van der Waals surface area contributed by atoms with E-state index < -0.39 is 23.2 Å². The van der Waals surface area contributed by atoms with Crippen LogP contribution in [0.25, 0.3) is 0 Å². The average molecular weight is 1850 g/mol. The van der Waals surface area contributed by atoms with Crippen molar-refractivity contribution in [3.05, 3.63) is 113 Å². The predicted molar refractivity (Wildman–Crippen MR) is 533 cm³/mol. The number of halogens is 3. The quantitative estimate of drug-likeness (QED) is 0.0214. The van der Waals surface area contributed by atoms with Gasteiger partial charge in [-0.2, -0.15) is 13.2 Å². The fourth-order valence-corrected chi connectivity index (χ4v) is 27.1. The second kappa shape index (κ2) is 45.7. The van der Waals surface area contributed by atoms with E-state index in [1.807, 2.05) is 90.1 Å². The van der Waals surface area contributed by atoms with Gasteiger partial charge >= 0.3 is 30.1 Å². The zero-order chi connectivity index (χ0) is 98.6. The van der Waals surface area contributed by atoms with Crippen molar-refractivity contribution < 1.29 is 76.8 Å². The summed E-state index contributed by atoms with van der Waals surface area (Å²) in [6.45, 7) is 50.7. The molecule has 4 aromatic carbocycles. The Labute approximate surface area is 803 Å². The number of unbranched alkanes of at least 4 members (excludes halogenated alkanes) is 1. The van der Waals surface area contributed by atoms with Crippen LogP contribution < -0.4 is 0 Å². The Bertz CT molecular complexity index is 4070. The van der Waals surface area contributed by atoms with Crippen LogP contribution >= 0.6 is 0 Å². The zero-order valence-electron chi connectivity index (χ0n) is 87.4. The van der Waals surface area contributed by atoms with Crippen LogP contribution in [0.2, 0.25) is 0 Å². The maximum Gasteiger partial charge on any atom is 0.404 e. The molecular formula is C117H183F3O13. The third-order valence-corrected chi connectivity index (χ3v) is 37.1. The van der Waals surface area contributed by atoms with Crippen LogP contribution in [0.3, 0.4) is 0 Å². The minimum Gasteiger partial charge on any atom is -0.508 e. The van der Waals surface area contributed by atoms with Crippen molar-refractivity contribution >= 4 is 23.9 Å². The number of benzene rings is 4. The van der Waals surface area contributed by atoms with Gasteiger partial charge in [0.05, 0.1) is 17.3 Å². The highest BCUT2D eigenvalue weighted by Gasteiger charge is 2.65. The minimum absolute atomic E-state index is 0.00763. The molecule has 16 aliphatic carbocycles. The number of rotatable bonds is 27. The first-order chi connectivity index (χ1) is 62.2. The van der Waals surface area contributed by atoms with Crippen molar-refractivity contribution in [2.45, 2.75) is 450 Å². The molecule has 0 spiro atoms. The summed E-state index contributed by atoms with van der Waals surface area (Å²) in [6, 6.07) is 27.3. The number of hydrogen-bond acceptors (Lipinski definition) is 13. The fraction of sp³-hybridized carbons (Fsp3) is 0.761. The summed E-state index contributed by atoms with van der Waals surface area (Å²) in [6.07, 6.45) is 36.9. The number of phenolic OH excluding ortho intramolecular Hbond substituents is 5. The van der Waals surface area contributed by atoms with Crippen LogP contribution in [0.1, 0.15) is 444 Å². The predicted octanol–water partition coefficient (Wildman–Crippen LogP) is 32.1. The number of hydrogen-bond donors (Lipinski definition) is 5. The van der Waals surface area contributed by atoms with Crippen molar-refractivity contribution in [2.24, 2.45) is 115 Å². The third-order valence-electron chi connectivity index (χ3n) is 37.1. The van der Waals surface area contributed by atoms with Crippen LogP contribution in [0.5, 0.6) is 28.7 Å². The topological polar surface area (TPSA) is 206 Å². The summed E-state index contributed by atoms with van der Waals surface area (Å²) in [5, 5.41) is 45.4. The summed E-state index contributed by atoms with van der Waals surface area (Å²) < 4.78 is 64.3. The average Bonchev–Trinajstić information content (AvgIpc) is 0.741. The molecule has 16 bridgehead atoms. The molecule has 133 heavy (non-hydrogen) atoms. The van der Waals surface area contributed by atoms with Crippen LogP contribution in [-0.4, -0.2) is 78.0 Å². The molecule has 0 saturated heterocycles. The van der Waals surface area contributed by atoms with Crippen molar-refractivity contribution in [1.29, 1.82) is 0 Å². The molecule has 16 heteroatoms. The van der Waals surface area contributed by atoms with Gasteiger partial charge in [0.25, 0.3) is 0 Å². The van der Waals surface area contributed by atoms with E-state index in [1.54, 1.807) is 36.4 Å². The van der Waals surface area contributed by atoms with Gasteiger partial charge in [-0.3, -0.25) is 19.2 Å². The Morgan fingerprint density at radius 2 is 0.632 bits per heavy atom. The molecule has 16 aliphatic rings. The Kier molecular flexibility index (Phi) is 37.8. The maximum absolute atomic E-state index is 13.4. The monoisotopic (exact) mass is 1850 g/mol. The van der Waals surface area contributed by atoms with E-state index in [0.29, 0.717) is 58.7 Å². The number of carbonyl (C=O) groups excluding carboxylic acids is 4. The summed E-state index contributed by atoms with van der Waals surface area (Å²) in [5.41, 5.74) is 1.06. The number of esters is 4. The van der Waals surface area contributed by atoms with E-state index in [0.717, 1.165) is 143 Å². The Balaban J connectivity index is 0.000000174. The van der Waals surface area contributed by atoms with Gasteiger partial charge in [0.2, 0.25) is 0 Å². The van der Waals surface area contributed by atoms with Gasteiger partial charge in [0, 0.05) is 21.7 Å². The van der Waals surface area contributed by atoms with E-state index in [2.05, 4.69) is 118 Å². The molecule has 0 radical (unpaired) electrons. The SMILES string of the molecule is CCC(C)(C(=O)OC(C)(C)C12CC3CC(CC(C3)C1)C2)C(F)(F)F.CCC(C)C(=O)OC(C)(C)C12CC3CC(CC(C3)C1)C2.CCC(C)C(=O)OC(C)(C)C12CC3CC(CC(C3)C1)C2.CCC(C)c1ccc(O)c(O)c1.CCC(C)c1ccc(O)cc1.CCC(C)c1ccc(O)cc1.CCC(C)c1cccc(O)c1.CCCCC(C)(OC(=O)C(C)(C)CC)C12CC3CC(CC(C3)C1)C2. The van der Waals surface area contributed by atoms with Gasteiger partial charge in [-0.1, -0.05) is 153 Å². The number of aromatic hydroxyl groups is 5. The number of phenols is 5. The Hall–Kier alpha value is -6.45. The lowest BCUT2D eigenvalue weighted by Gasteiger charge is -2.62. The Morgan fingerprint density at radius 1 is 0.338 bits per heavy atom. The van der Waals surface area contributed by atoms with Crippen molar-refractivity contribution in [3.63, 3.8) is 0 Å². The van der Waals surface area contributed by atoms with E-state index in [-0.39, 0.29) is 91.5 Å². The molecule has 8 unspecified atom stereocenters. The van der Waals surface area contributed by atoms with Crippen molar-refractivity contribution in [3.8, 4) is 28.7 Å². The molecule has 0 aliphatic heterocycles. The highest BCUT2D eigenvalue weighted by atomic mass is 19.4. The Morgan fingerprint density at radius 3 is 0.902 bits per heavy atom. The second-order valence-corrected chi connectivity index (χ2v) is 48.1. The molecule has 16 fully saturated rings. The zero-order valence-corrected chi connectivity index (χ0v) is 87.4. The standard InChI is InChI=1S/C22H38O2.C19H29F3O2.2C18H30O2.C10H14O2.3C10H14O/c1-6-8-9-21(5,24-19(23)20(3,4)7-2)22-13-16-10-17(14-22)12-18(11-16)15-22;1-5-17(4,19(20,21)22)15(23)24-16(2,3)18-9-12-6-13(10-18)8-14(7-12)11-18;2*1-5-12(2)16(19)20-17(3,4)18-9-13-6-14(10-18)8-15(7-13)11-18;1-3-7(2)8-4-5-9(11)10(12)6-8;2*1-3-8(2)9-4-6-10(11)7-5-9;1-3-8(2)9-5-4-6-10(11)7-9/h16-18H,6-15H2,1-5H3;12-14H,5-11H2,1-4H3;2*12-15H,5-11H2,1-4H3;4-7,11-12H,3H2,1-2H3;3*4-8,11H,3H2,1-2H3. The molecule has 0 aromatic heterocycles. The first-order valence-corrected chi connectivity index (χ1v) is 53.1. The molecule has 8 atom stereocenters. The molecular weight excluding hydrogens is 1670 g/mol. The van der Waals surface area contributed by atoms with Crippen molar-refractivity contribution in [2.75, 3.05) is 0 Å². The molecule has 16 saturated carbocycles. The molecule has 4 aromatic rings. The molecule has 0 amide bonds. The lowest BCUT2D eigenvalue weighted by molar-refractivity contribution is -0.249. The second-order valence-electron chi connectivity index (χ2n) is 48.1. The summed E-state index contributed by atoms with van der Waals surface area (Å²) >= 11 is 0. The van der Waals surface area contributed by atoms with E-state index in [9.17, 15) is 37.5 Å². The largest absolute Gasteiger partial charge is 0.508 e. The maximum atomic E-state index is 13.4. The molecule has 20 rings (SSSR count). The van der Waals surface area contributed by atoms with Crippen molar-refractivity contribution in [1.82, 2.24) is 0 Å². The number of carbonyl (C=O) groups is 4. The first kappa shape index (κ1) is 110. The van der Waals surface area contributed by atoms with Gasteiger partial charge in [-0.25, -0.2) is 0 Å². The number of ether oxygens (including phenoxy) is 4. The van der Waals surface area contributed by atoms with Crippen LogP contribution in [0, 0.1) is 115 Å². The van der Waals surface area contributed by atoms with E-state index in [4.69, 9.17) is 39.4 Å². The van der Waals surface area contributed by atoms with Crippen LogP contribution in [0.4, 0.5) is 13.2 Å². The highest BCUT2D eigenvalue weighted by Crippen LogP contribution is 2.69. The molecule has 0 heterocycles. The van der Waals surface area contributed by atoms with Crippen LogP contribution in [0.15, 0.2) is 91.0 Å². The van der Waals surface area contributed by atoms with E-state index in [1.165, 1.54) is 171 Å². The smallest absolute Gasteiger partial charge is 0.404 e. The van der Waals surface area contributed by atoms with Gasteiger partial charge < -0.3 is 44.5 Å². The summed E-state index contributed by atoms with van der Waals surface area (Å²) in [5.74, 6) is 12.2. The van der Waals surface area contributed by atoms with Crippen LogP contribution in [-0.2, 0) is 38.1 Å². The summed E-state index contributed by atoms with van der Waals surface area (Å²) in [7, 11) is 0. The molecule has 13 nitrogen and oxygen atoms in total. The van der Waals surface area contributed by atoms with Gasteiger partial charge in [0.1, 0.15) is 39.7 Å². The molecule has 750 valence electrons. The lowest BCUT2D eigenvalue weighted by atomic mass is 9.45. The van der Waals surface area contributed by atoms with Gasteiger partial charge in [-0.15, -0.1) is 0 Å². The van der Waals surface area contributed by atoms with Gasteiger partial charge in [0.15, 0.2) is 16.9 Å².